The zero-order chi connectivity index (χ0) is 15.5. The molecule has 1 atom stereocenters. The first kappa shape index (κ1) is 16.0. The van der Waals surface area contributed by atoms with Gasteiger partial charge in [-0.2, -0.15) is 0 Å². The minimum atomic E-state index is -0.829. The molecule has 2 N–H and O–H groups in total. The van der Waals surface area contributed by atoms with E-state index in [-0.39, 0.29) is 0 Å². The maximum atomic E-state index is 10.5. The van der Waals surface area contributed by atoms with E-state index in [1.54, 1.807) is 18.4 Å². The van der Waals surface area contributed by atoms with Gasteiger partial charge in [-0.05, 0) is 48.9 Å². The molecule has 0 saturated carbocycles. The Bertz CT molecular complexity index is 568. The number of benzene rings is 1. The van der Waals surface area contributed by atoms with Crippen LogP contribution in [0.2, 0.25) is 0 Å². The van der Waals surface area contributed by atoms with Crippen LogP contribution < -0.4 is 10.1 Å². The molecule has 1 aromatic carbocycles. The van der Waals surface area contributed by atoms with Gasteiger partial charge in [0.25, 0.3) is 0 Å². The van der Waals surface area contributed by atoms with Crippen molar-refractivity contribution >= 4 is 11.3 Å². The zero-order valence-corrected chi connectivity index (χ0v) is 13.9. The Morgan fingerprint density at radius 1 is 1.29 bits per heavy atom. The summed E-state index contributed by atoms with van der Waals surface area (Å²) in [7, 11) is 1.70. The first-order valence-electron chi connectivity index (χ1n) is 7.05. The Hall–Kier alpha value is -1.36. The molecule has 2 rings (SSSR count). The van der Waals surface area contributed by atoms with Crippen molar-refractivity contribution in [2.24, 2.45) is 0 Å². The summed E-state index contributed by atoms with van der Waals surface area (Å²) in [5, 5.41) is 15.8. The second-order valence-corrected chi connectivity index (χ2v) is 6.57. The SMILES string of the molecule is COc1c(C)cc(CNCC(C)(O)c2cccs2)cc1C. The molecule has 0 aliphatic rings. The quantitative estimate of drug-likeness (QED) is 0.860. The van der Waals surface area contributed by atoms with Gasteiger partial charge in [-0.15, -0.1) is 11.3 Å². The summed E-state index contributed by atoms with van der Waals surface area (Å²) in [6, 6.07) is 8.18. The normalized spacial score (nSPS) is 14.0. The van der Waals surface area contributed by atoms with Crippen molar-refractivity contribution < 1.29 is 9.84 Å². The molecule has 1 unspecified atom stereocenters. The third-order valence-corrected chi connectivity index (χ3v) is 4.70. The lowest BCUT2D eigenvalue weighted by Gasteiger charge is -2.22. The molecule has 21 heavy (non-hydrogen) atoms. The van der Waals surface area contributed by atoms with E-state index in [1.807, 2.05) is 24.4 Å². The number of methoxy groups -OCH3 is 1. The molecule has 3 nitrogen and oxygen atoms in total. The molecule has 114 valence electrons. The van der Waals surface area contributed by atoms with Crippen molar-refractivity contribution in [2.75, 3.05) is 13.7 Å². The fourth-order valence-corrected chi connectivity index (χ4v) is 3.37. The molecule has 1 heterocycles. The molecule has 1 aromatic heterocycles. The van der Waals surface area contributed by atoms with E-state index >= 15 is 0 Å². The van der Waals surface area contributed by atoms with Crippen molar-refractivity contribution in [3.05, 3.63) is 51.2 Å². The summed E-state index contributed by atoms with van der Waals surface area (Å²) in [6.07, 6.45) is 0. The van der Waals surface area contributed by atoms with Crippen molar-refractivity contribution in [2.45, 2.75) is 32.9 Å². The smallest absolute Gasteiger partial charge is 0.124 e. The lowest BCUT2D eigenvalue weighted by atomic mass is 10.0. The van der Waals surface area contributed by atoms with Crippen LogP contribution in [0.5, 0.6) is 5.75 Å². The zero-order valence-electron chi connectivity index (χ0n) is 13.1. The average Bonchev–Trinajstić information content (AvgIpc) is 2.92. The van der Waals surface area contributed by atoms with E-state index in [0.29, 0.717) is 6.54 Å². The van der Waals surface area contributed by atoms with E-state index < -0.39 is 5.60 Å². The molecule has 0 aliphatic heterocycles. The van der Waals surface area contributed by atoms with Crippen LogP contribution in [0.25, 0.3) is 0 Å². The van der Waals surface area contributed by atoms with E-state index in [2.05, 4.69) is 31.3 Å². The third-order valence-electron chi connectivity index (χ3n) is 3.57. The molecule has 0 spiro atoms. The van der Waals surface area contributed by atoms with Gasteiger partial charge in [-0.25, -0.2) is 0 Å². The van der Waals surface area contributed by atoms with Crippen molar-refractivity contribution in [1.29, 1.82) is 0 Å². The number of aliphatic hydroxyl groups is 1. The molecule has 0 radical (unpaired) electrons. The molecule has 0 aliphatic carbocycles. The number of thiophene rings is 1. The van der Waals surface area contributed by atoms with E-state index in [4.69, 9.17) is 4.74 Å². The summed E-state index contributed by atoms with van der Waals surface area (Å²) in [5.41, 5.74) is 2.65. The van der Waals surface area contributed by atoms with Gasteiger partial charge in [0.2, 0.25) is 0 Å². The van der Waals surface area contributed by atoms with Crippen molar-refractivity contribution in [1.82, 2.24) is 5.32 Å². The van der Waals surface area contributed by atoms with Gasteiger partial charge in [0.15, 0.2) is 0 Å². The molecule has 0 fully saturated rings. The lowest BCUT2D eigenvalue weighted by Crippen LogP contribution is -2.34. The largest absolute Gasteiger partial charge is 0.496 e. The van der Waals surface area contributed by atoms with Crippen molar-refractivity contribution in [3.63, 3.8) is 0 Å². The van der Waals surface area contributed by atoms with Gasteiger partial charge in [0, 0.05) is 18.0 Å². The second kappa shape index (κ2) is 6.60. The van der Waals surface area contributed by atoms with Gasteiger partial charge in [0.05, 0.1) is 7.11 Å². The minimum absolute atomic E-state index is 0.525. The summed E-state index contributed by atoms with van der Waals surface area (Å²) in [6.45, 7) is 7.20. The Morgan fingerprint density at radius 3 is 2.48 bits per heavy atom. The van der Waals surface area contributed by atoms with Gasteiger partial charge in [-0.1, -0.05) is 18.2 Å². The van der Waals surface area contributed by atoms with Crippen LogP contribution in [0.4, 0.5) is 0 Å². The summed E-state index contributed by atoms with van der Waals surface area (Å²) in [4.78, 5) is 0.983. The topological polar surface area (TPSA) is 41.5 Å². The first-order chi connectivity index (χ1) is 9.94. The molecule has 0 amide bonds. The molecular weight excluding hydrogens is 282 g/mol. The average molecular weight is 305 g/mol. The van der Waals surface area contributed by atoms with E-state index in [1.165, 1.54) is 5.56 Å². The highest BCUT2D eigenvalue weighted by molar-refractivity contribution is 7.10. The summed E-state index contributed by atoms with van der Waals surface area (Å²) < 4.78 is 5.38. The highest BCUT2D eigenvalue weighted by atomic mass is 32.1. The Labute approximate surface area is 130 Å². The van der Waals surface area contributed by atoms with Gasteiger partial charge in [0.1, 0.15) is 11.4 Å². The van der Waals surface area contributed by atoms with Gasteiger partial charge in [-0.3, -0.25) is 0 Å². The maximum absolute atomic E-state index is 10.5. The minimum Gasteiger partial charge on any atom is -0.496 e. The number of ether oxygens (including phenoxy) is 1. The highest BCUT2D eigenvalue weighted by Crippen LogP contribution is 2.26. The summed E-state index contributed by atoms with van der Waals surface area (Å²) >= 11 is 1.58. The molecule has 4 heteroatoms. The number of hydrogen-bond acceptors (Lipinski definition) is 4. The number of aryl methyl sites for hydroxylation is 2. The maximum Gasteiger partial charge on any atom is 0.124 e. The van der Waals surface area contributed by atoms with Crippen LogP contribution in [0.1, 0.15) is 28.5 Å². The number of rotatable bonds is 6. The van der Waals surface area contributed by atoms with Crippen LogP contribution in [0.15, 0.2) is 29.6 Å². The first-order valence-corrected chi connectivity index (χ1v) is 7.93. The molecule has 2 aromatic rings. The Kier molecular flexibility index (Phi) is 5.04. The Morgan fingerprint density at radius 2 is 1.95 bits per heavy atom. The summed E-state index contributed by atoms with van der Waals surface area (Å²) in [5.74, 6) is 0.948. The molecular formula is C17H23NO2S. The van der Waals surface area contributed by atoms with Gasteiger partial charge < -0.3 is 15.2 Å². The fourth-order valence-electron chi connectivity index (χ4n) is 2.59. The standard InChI is InChI=1S/C17H23NO2S/c1-12-8-14(9-13(2)16(12)20-4)10-18-11-17(3,19)15-6-5-7-21-15/h5-9,18-19H,10-11H2,1-4H3. The lowest BCUT2D eigenvalue weighted by molar-refractivity contribution is 0.0604. The monoisotopic (exact) mass is 305 g/mol. The van der Waals surface area contributed by atoms with Crippen LogP contribution in [-0.2, 0) is 12.1 Å². The predicted molar refractivity (Wildman–Crippen MR) is 88.1 cm³/mol. The van der Waals surface area contributed by atoms with Crippen LogP contribution >= 0.6 is 11.3 Å². The van der Waals surface area contributed by atoms with Gasteiger partial charge >= 0.3 is 0 Å². The fraction of sp³-hybridized carbons (Fsp3) is 0.412. The van der Waals surface area contributed by atoms with Crippen LogP contribution in [0, 0.1) is 13.8 Å². The third kappa shape index (κ3) is 3.84. The highest BCUT2D eigenvalue weighted by Gasteiger charge is 2.23. The van der Waals surface area contributed by atoms with Crippen LogP contribution in [-0.4, -0.2) is 18.8 Å². The Balaban J connectivity index is 1.98. The van der Waals surface area contributed by atoms with Crippen LogP contribution in [0.3, 0.4) is 0 Å². The predicted octanol–water partition coefficient (Wildman–Crippen LogP) is 3.37. The molecule has 0 saturated heterocycles. The number of nitrogens with one attached hydrogen (secondary N) is 1. The molecule has 0 bridgehead atoms. The van der Waals surface area contributed by atoms with E-state index in [0.717, 1.165) is 28.3 Å². The van der Waals surface area contributed by atoms with E-state index in [9.17, 15) is 5.11 Å². The van der Waals surface area contributed by atoms with Crippen molar-refractivity contribution in [3.8, 4) is 5.75 Å². The second-order valence-electron chi connectivity index (χ2n) is 5.62. The number of hydrogen-bond donors (Lipinski definition) is 2.